The monoisotopic (exact) mass is 225 g/mol. The predicted octanol–water partition coefficient (Wildman–Crippen LogP) is 2.49. The molecule has 2 rings (SSSR count). The number of aliphatic imine (C=N–C) groups is 1. The van der Waals surface area contributed by atoms with Crippen molar-refractivity contribution in [2.75, 3.05) is 11.5 Å². The highest BCUT2D eigenvalue weighted by Gasteiger charge is 2.02. The van der Waals surface area contributed by atoms with Crippen molar-refractivity contribution in [2.45, 2.75) is 0 Å². The van der Waals surface area contributed by atoms with Crippen LogP contribution in [-0.4, -0.2) is 6.08 Å². The second kappa shape index (κ2) is 4.51. The Morgan fingerprint density at radius 2 is 1.59 bits per heavy atom. The lowest BCUT2D eigenvalue weighted by Crippen LogP contribution is -1.87. The minimum Gasteiger partial charge on any atom is -0.399 e. The third-order valence-corrected chi connectivity index (χ3v) is 2.44. The number of isocyanates is 1. The molecule has 17 heavy (non-hydrogen) atoms. The predicted molar refractivity (Wildman–Crippen MR) is 68.5 cm³/mol. The molecule has 0 spiro atoms. The number of benzene rings is 2. The van der Waals surface area contributed by atoms with Gasteiger partial charge in [0.15, 0.2) is 0 Å². The van der Waals surface area contributed by atoms with Gasteiger partial charge in [-0.1, -0.05) is 18.2 Å². The topological polar surface area (TPSA) is 81.5 Å². The van der Waals surface area contributed by atoms with E-state index in [0.717, 1.165) is 11.1 Å². The van der Waals surface area contributed by atoms with Crippen molar-refractivity contribution in [3.05, 3.63) is 42.5 Å². The lowest BCUT2D eigenvalue weighted by Gasteiger charge is -2.05. The van der Waals surface area contributed by atoms with E-state index in [1.165, 1.54) is 6.08 Å². The van der Waals surface area contributed by atoms with Crippen molar-refractivity contribution in [1.82, 2.24) is 0 Å². The molecule has 0 saturated heterocycles. The van der Waals surface area contributed by atoms with Crippen LogP contribution in [0, 0.1) is 0 Å². The second-order valence-electron chi connectivity index (χ2n) is 3.60. The summed E-state index contributed by atoms with van der Waals surface area (Å²) in [5, 5.41) is 0. The molecule has 4 N–H and O–H groups in total. The maximum atomic E-state index is 10.3. The van der Waals surface area contributed by atoms with E-state index < -0.39 is 0 Å². The maximum absolute atomic E-state index is 10.3. The number of hydrogen-bond donors (Lipinski definition) is 2. The largest absolute Gasteiger partial charge is 0.399 e. The average Bonchev–Trinajstić information content (AvgIpc) is 2.33. The molecule has 0 heterocycles. The molecular formula is C13H11N3O. The summed E-state index contributed by atoms with van der Waals surface area (Å²) in [5.41, 5.74) is 14.8. The Balaban J connectivity index is 2.49. The van der Waals surface area contributed by atoms with Crippen molar-refractivity contribution in [3.8, 4) is 11.1 Å². The van der Waals surface area contributed by atoms with E-state index in [-0.39, 0.29) is 0 Å². The zero-order valence-corrected chi connectivity index (χ0v) is 9.05. The molecule has 0 unspecified atom stereocenters. The Bertz CT molecular complexity index is 584. The highest BCUT2D eigenvalue weighted by atomic mass is 16.1. The summed E-state index contributed by atoms with van der Waals surface area (Å²) in [4.78, 5) is 13.8. The van der Waals surface area contributed by atoms with Crippen molar-refractivity contribution in [1.29, 1.82) is 0 Å². The summed E-state index contributed by atoms with van der Waals surface area (Å²) in [7, 11) is 0. The van der Waals surface area contributed by atoms with Crippen LogP contribution in [0.2, 0.25) is 0 Å². The fraction of sp³-hybridized carbons (Fsp3) is 0. The van der Waals surface area contributed by atoms with Crippen molar-refractivity contribution < 1.29 is 4.79 Å². The summed E-state index contributed by atoms with van der Waals surface area (Å²) in [6.45, 7) is 0. The Morgan fingerprint density at radius 1 is 0.941 bits per heavy atom. The van der Waals surface area contributed by atoms with Crippen LogP contribution in [0.4, 0.5) is 17.1 Å². The molecule has 0 radical (unpaired) electrons. The first kappa shape index (κ1) is 10.9. The first-order chi connectivity index (χ1) is 8.20. The van der Waals surface area contributed by atoms with E-state index in [9.17, 15) is 4.79 Å². The standard InChI is InChI=1S/C13H11N3O/c14-11-4-1-9(2-5-11)10-3-6-12(15)13(7-10)16-8-17/h1-7H,14-15H2. The van der Waals surface area contributed by atoms with Gasteiger partial charge >= 0.3 is 0 Å². The molecule has 0 aliphatic carbocycles. The van der Waals surface area contributed by atoms with Gasteiger partial charge < -0.3 is 11.5 Å². The van der Waals surface area contributed by atoms with Gasteiger partial charge in [0, 0.05) is 5.69 Å². The molecule has 4 nitrogen and oxygen atoms in total. The maximum Gasteiger partial charge on any atom is 0.240 e. The van der Waals surface area contributed by atoms with E-state index >= 15 is 0 Å². The van der Waals surface area contributed by atoms with Gasteiger partial charge in [-0.2, -0.15) is 4.99 Å². The second-order valence-corrected chi connectivity index (χ2v) is 3.60. The highest BCUT2D eigenvalue weighted by Crippen LogP contribution is 2.29. The van der Waals surface area contributed by atoms with Crippen LogP contribution in [0.25, 0.3) is 11.1 Å². The van der Waals surface area contributed by atoms with Gasteiger partial charge in [-0.3, -0.25) is 0 Å². The zero-order valence-electron chi connectivity index (χ0n) is 9.05. The number of rotatable bonds is 2. The normalized spacial score (nSPS) is 9.65. The van der Waals surface area contributed by atoms with Gasteiger partial charge in [-0.25, -0.2) is 4.79 Å². The molecule has 4 heteroatoms. The number of anilines is 2. The van der Waals surface area contributed by atoms with Gasteiger partial charge in [0.25, 0.3) is 0 Å². The summed E-state index contributed by atoms with van der Waals surface area (Å²) in [6.07, 6.45) is 1.49. The lowest BCUT2D eigenvalue weighted by atomic mass is 10.0. The Hall–Kier alpha value is -2.58. The quantitative estimate of drug-likeness (QED) is 0.468. The van der Waals surface area contributed by atoms with E-state index in [1.807, 2.05) is 30.3 Å². The van der Waals surface area contributed by atoms with E-state index in [2.05, 4.69) is 4.99 Å². The van der Waals surface area contributed by atoms with Gasteiger partial charge in [0.05, 0.1) is 11.4 Å². The van der Waals surface area contributed by atoms with Crippen LogP contribution in [0.5, 0.6) is 0 Å². The fourth-order valence-corrected chi connectivity index (χ4v) is 1.54. The summed E-state index contributed by atoms with van der Waals surface area (Å²) in [6, 6.07) is 12.7. The first-order valence-electron chi connectivity index (χ1n) is 5.04. The van der Waals surface area contributed by atoms with E-state index in [4.69, 9.17) is 11.5 Å². The first-order valence-corrected chi connectivity index (χ1v) is 5.04. The van der Waals surface area contributed by atoms with Gasteiger partial charge in [-0.05, 0) is 35.4 Å². The van der Waals surface area contributed by atoms with Gasteiger partial charge in [0.2, 0.25) is 6.08 Å². The average molecular weight is 225 g/mol. The molecule has 0 aliphatic rings. The van der Waals surface area contributed by atoms with Crippen LogP contribution in [0.15, 0.2) is 47.5 Å². The Kier molecular flexibility index (Phi) is 2.90. The molecule has 0 atom stereocenters. The number of nitrogen functional groups attached to an aromatic ring is 2. The van der Waals surface area contributed by atoms with Crippen LogP contribution in [-0.2, 0) is 4.79 Å². The number of nitrogens with two attached hydrogens (primary N) is 2. The minimum atomic E-state index is 0.425. The van der Waals surface area contributed by atoms with Crippen molar-refractivity contribution in [3.63, 3.8) is 0 Å². The Morgan fingerprint density at radius 3 is 2.24 bits per heavy atom. The molecular weight excluding hydrogens is 214 g/mol. The molecule has 2 aromatic rings. The van der Waals surface area contributed by atoms with Gasteiger partial charge in [0.1, 0.15) is 0 Å². The highest BCUT2D eigenvalue weighted by molar-refractivity contribution is 5.76. The molecule has 2 aromatic carbocycles. The van der Waals surface area contributed by atoms with Crippen LogP contribution in [0.1, 0.15) is 0 Å². The summed E-state index contributed by atoms with van der Waals surface area (Å²) >= 11 is 0. The van der Waals surface area contributed by atoms with E-state index in [1.54, 1.807) is 12.1 Å². The van der Waals surface area contributed by atoms with E-state index in [0.29, 0.717) is 17.1 Å². The molecule has 0 aromatic heterocycles. The smallest absolute Gasteiger partial charge is 0.240 e. The lowest BCUT2D eigenvalue weighted by molar-refractivity contribution is 0.565. The molecule has 0 amide bonds. The fourth-order valence-electron chi connectivity index (χ4n) is 1.54. The molecule has 0 bridgehead atoms. The third-order valence-electron chi connectivity index (χ3n) is 2.44. The molecule has 84 valence electrons. The zero-order chi connectivity index (χ0) is 12.3. The van der Waals surface area contributed by atoms with Crippen molar-refractivity contribution >= 4 is 23.1 Å². The molecule has 0 aliphatic heterocycles. The molecule has 0 fully saturated rings. The van der Waals surface area contributed by atoms with Crippen LogP contribution in [0.3, 0.4) is 0 Å². The minimum absolute atomic E-state index is 0.425. The number of nitrogens with zero attached hydrogens (tertiary/aromatic N) is 1. The number of carbonyl (C=O) groups excluding carboxylic acids is 1. The third kappa shape index (κ3) is 2.33. The van der Waals surface area contributed by atoms with Crippen LogP contribution >= 0.6 is 0 Å². The van der Waals surface area contributed by atoms with Gasteiger partial charge in [-0.15, -0.1) is 0 Å². The Labute approximate surface area is 98.6 Å². The number of hydrogen-bond acceptors (Lipinski definition) is 4. The van der Waals surface area contributed by atoms with Crippen molar-refractivity contribution in [2.24, 2.45) is 4.99 Å². The summed E-state index contributed by atoms with van der Waals surface area (Å²) in [5.74, 6) is 0. The van der Waals surface area contributed by atoms with Crippen LogP contribution < -0.4 is 11.5 Å². The summed E-state index contributed by atoms with van der Waals surface area (Å²) < 4.78 is 0. The molecule has 0 saturated carbocycles. The SMILES string of the molecule is Nc1ccc(-c2ccc(N)c(N=C=O)c2)cc1.